The summed E-state index contributed by atoms with van der Waals surface area (Å²) >= 11 is 0. The first-order valence-electron chi connectivity index (χ1n) is 18.1. The molecule has 0 atom stereocenters. The molecule has 0 fully saturated rings. The number of furan rings is 1. The van der Waals surface area contributed by atoms with Gasteiger partial charge in [-0.05, 0) is 111 Å². The van der Waals surface area contributed by atoms with Gasteiger partial charge in [-0.3, -0.25) is 0 Å². The molecule has 11 rings (SSSR count). The molecule has 0 N–H and O–H groups in total. The van der Waals surface area contributed by atoms with E-state index < -0.39 is 0 Å². The molecule has 0 spiro atoms. The lowest BCUT2D eigenvalue weighted by Crippen LogP contribution is -2.15. The largest absolute Gasteiger partial charge is 0.456 e. The smallest absolute Gasteiger partial charge is 0.164 e. The molecule has 2 aliphatic rings. The Bertz CT molecular complexity index is 2950. The van der Waals surface area contributed by atoms with Crippen molar-refractivity contribution in [3.05, 3.63) is 162 Å². The highest BCUT2D eigenvalue weighted by molar-refractivity contribution is 6.10. The summed E-state index contributed by atoms with van der Waals surface area (Å²) in [4.78, 5) is 15.6. The maximum Gasteiger partial charge on any atom is 0.164 e. The van der Waals surface area contributed by atoms with E-state index in [1.165, 1.54) is 49.9 Å². The van der Waals surface area contributed by atoms with E-state index in [1.54, 1.807) is 0 Å². The van der Waals surface area contributed by atoms with Crippen molar-refractivity contribution in [3.63, 3.8) is 0 Å². The van der Waals surface area contributed by atoms with Crippen LogP contribution in [0.2, 0.25) is 0 Å². The molecule has 246 valence electrons. The van der Waals surface area contributed by atoms with Crippen LogP contribution in [0.1, 0.15) is 36.1 Å². The molecule has 2 aromatic heterocycles. The molecule has 0 saturated carbocycles. The van der Waals surface area contributed by atoms with Crippen LogP contribution in [0, 0.1) is 0 Å². The summed E-state index contributed by atoms with van der Waals surface area (Å²) in [6.45, 7) is 4.62. The van der Waals surface area contributed by atoms with Gasteiger partial charge in [0.1, 0.15) is 11.2 Å². The van der Waals surface area contributed by atoms with Crippen molar-refractivity contribution in [3.8, 4) is 56.4 Å². The van der Waals surface area contributed by atoms with Crippen LogP contribution in [0.4, 0.5) is 0 Å². The summed E-state index contributed by atoms with van der Waals surface area (Å²) in [6.07, 6.45) is 2.02. The van der Waals surface area contributed by atoms with Crippen LogP contribution in [0.5, 0.6) is 0 Å². The molecule has 2 heterocycles. The molecule has 9 aromatic rings. The number of benzene rings is 7. The van der Waals surface area contributed by atoms with E-state index in [2.05, 4.69) is 147 Å². The van der Waals surface area contributed by atoms with E-state index in [0.717, 1.165) is 56.9 Å². The minimum absolute atomic E-state index is 0.132. The maximum absolute atomic E-state index is 6.35. The first-order chi connectivity index (χ1) is 25.5. The van der Waals surface area contributed by atoms with E-state index in [1.807, 2.05) is 6.07 Å². The molecule has 7 aromatic carbocycles. The molecule has 4 nitrogen and oxygen atoms in total. The highest BCUT2D eigenvalue weighted by atomic mass is 16.3. The molecular formula is C48H33N3O. The number of rotatable bonds is 3. The Balaban J connectivity index is 1.10. The van der Waals surface area contributed by atoms with Gasteiger partial charge in [-0.1, -0.05) is 111 Å². The van der Waals surface area contributed by atoms with E-state index in [4.69, 9.17) is 19.4 Å². The number of aryl methyl sites for hydroxylation is 2. The Morgan fingerprint density at radius 3 is 1.81 bits per heavy atom. The molecule has 0 amide bonds. The van der Waals surface area contributed by atoms with Crippen molar-refractivity contribution in [1.29, 1.82) is 0 Å². The van der Waals surface area contributed by atoms with Gasteiger partial charge in [-0.25, -0.2) is 15.0 Å². The molecule has 0 aliphatic heterocycles. The SMILES string of the molecule is CC1(C)c2ccccc2-c2ccc(-c3nc(-c4ccc5c(c4)CCc4ccccc4-5)nc(-c4ccc5oc6cc7ccccc7cc6c5c4)n3)cc21. The Morgan fingerprint density at radius 1 is 0.442 bits per heavy atom. The van der Waals surface area contributed by atoms with E-state index >= 15 is 0 Å². The number of hydrogen-bond acceptors (Lipinski definition) is 4. The van der Waals surface area contributed by atoms with E-state index in [0.29, 0.717) is 17.5 Å². The fourth-order valence-corrected chi connectivity index (χ4v) is 8.68. The van der Waals surface area contributed by atoms with Crippen molar-refractivity contribution >= 4 is 32.7 Å². The van der Waals surface area contributed by atoms with Crippen LogP contribution in [0.15, 0.2) is 144 Å². The minimum atomic E-state index is -0.132. The van der Waals surface area contributed by atoms with Gasteiger partial charge in [0, 0.05) is 32.9 Å². The van der Waals surface area contributed by atoms with Gasteiger partial charge >= 0.3 is 0 Å². The zero-order chi connectivity index (χ0) is 34.6. The van der Waals surface area contributed by atoms with Crippen LogP contribution >= 0.6 is 0 Å². The molecule has 2 aliphatic carbocycles. The highest BCUT2D eigenvalue weighted by Crippen LogP contribution is 2.49. The number of nitrogens with zero attached hydrogens (tertiary/aromatic N) is 3. The highest BCUT2D eigenvalue weighted by Gasteiger charge is 2.35. The van der Waals surface area contributed by atoms with Crippen molar-refractivity contribution < 1.29 is 4.42 Å². The molecule has 0 saturated heterocycles. The van der Waals surface area contributed by atoms with E-state index in [-0.39, 0.29) is 5.41 Å². The summed E-state index contributed by atoms with van der Waals surface area (Å²) in [6, 6.07) is 49.9. The molecular weight excluding hydrogens is 635 g/mol. The lowest BCUT2D eigenvalue weighted by Gasteiger charge is -2.22. The normalized spacial score (nSPS) is 14.0. The summed E-state index contributed by atoms with van der Waals surface area (Å²) in [5.41, 5.74) is 15.1. The number of fused-ring (bicyclic) bond motifs is 10. The minimum Gasteiger partial charge on any atom is -0.456 e. The molecule has 4 heteroatoms. The predicted molar refractivity (Wildman–Crippen MR) is 211 cm³/mol. The van der Waals surface area contributed by atoms with Crippen molar-refractivity contribution in [2.75, 3.05) is 0 Å². The van der Waals surface area contributed by atoms with Gasteiger partial charge in [-0.15, -0.1) is 0 Å². The third-order valence-corrected chi connectivity index (χ3v) is 11.4. The Labute approximate surface area is 301 Å². The quantitative estimate of drug-likeness (QED) is 0.188. The Hall–Kier alpha value is -6.39. The average Bonchev–Trinajstić information content (AvgIpc) is 3.66. The molecule has 0 radical (unpaired) electrons. The first-order valence-corrected chi connectivity index (χ1v) is 18.1. The van der Waals surface area contributed by atoms with Crippen molar-refractivity contribution in [1.82, 2.24) is 15.0 Å². The second-order valence-electron chi connectivity index (χ2n) is 14.8. The van der Waals surface area contributed by atoms with Gasteiger partial charge in [0.05, 0.1) is 0 Å². The molecule has 52 heavy (non-hydrogen) atoms. The topological polar surface area (TPSA) is 51.8 Å². The fraction of sp³-hybridized carbons (Fsp3) is 0.104. The summed E-state index contributed by atoms with van der Waals surface area (Å²) in [5, 5.41) is 4.48. The van der Waals surface area contributed by atoms with Crippen LogP contribution in [-0.4, -0.2) is 15.0 Å². The number of hydrogen-bond donors (Lipinski definition) is 0. The maximum atomic E-state index is 6.35. The third kappa shape index (κ3) is 4.37. The first kappa shape index (κ1) is 29.4. The van der Waals surface area contributed by atoms with Crippen LogP contribution in [0.25, 0.3) is 89.1 Å². The van der Waals surface area contributed by atoms with Crippen LogP contribution in [0.3, 0.4) is 0 Å². The summed E-state index contributed by atoms with van der Waals surface area (Å²) < 4.78 is 6.35. The zero-order valence-corrected chi connectivity index (χ0v) is 28.9. The molecule has 0 unspecified atom stereocenters. The second kappa shape index (κ2) is 10.8. The predicted octanol–water partition coefficient (Wildman–Crippen LogP) is 12.0. The summed E-state index contributed by atoms with van der Waals surface area (Å²) in [7, 11) is 0. The van der Waals surface area contributed by atoms with Gasteiger partial charge in [-0.2, -0.15) is 0 Å². The van der Waals surface area contributed by atoms with Crippen LogP contribution in [-0.2, 0) is 18.3 Å². The third-order valence-electron chi connectivity index (χ3n) is 11.4. The zero-order valence-electron chi connectivity index (χ0n) is 28.9. The standard InChI is InChI=1S/C48H33N3O/c1-48(2)41-14-8-7-13-37(41)38-21-18-34(26-42(38)48)47-50-45(32-17-20-36-31(23-32)16-15-28-9-5-6-12-35(28)36)49-46(51-47)33-19-22-43-39(25-33)40-24-29-10-3-4-11-30(29)27-44(40)52-43/h3-14,17-27H,15-16H2,1-2H3. The van der Waals surface area contributed by atoms with Gasteiger partial charge < -0.3 is 4.42 Å². The lowest BCUT2D eigenvalue weighted by atomic mass is 9.82. The Kier molecular flexibility index (Phi) is 6.10. The van der Waals surface area contributed by atoms with Crippen molar-refractivity contribution in [2.24, 2.45) is 0 Å². The van der Waals surface area contributed by atoms with E-state index in [9.17, 15) is 0 Å². The fourth-order valence-electron chi connectivity index (χ4n) is 8.68. The Morgan fingerprint density at radius 2 is 1.00 bits per heavy atom. The summed E-state index contributed by atoms with van der Waals surface area (Å²) in [5.74, 6) is 1.98. The molecule has 0 bridgehead atoms. The number of aromatic nitrogens is 3. The van der Waals surface area contributed by atoms with Gasteiger partial charge in [0.15, 0.2) is 17.5 Å². The second-order valence-corrected chi connectivity index (χ2v) is 14.8. The monoisotopic (exact) mass is 667 g/mol. The van der Waals surface area contributed by atoms with Gasteiger partial charge in [0.25, 0.3) is 0 Å². The van der Waals surface area contributed by atoms with Crippen LogP contribution < -0.4 is 0 Å². The van der Waals surface area contributed by atoms with Crippen molar-refractivity contribution in [2.45, 2.75) is 32.1 Å². The lowest BCUT2D eigenvalue weighted by molar-refractivity contribution is 0.660. The van der Waals surface area contributed by atoms with Gasteiger partial charge in [0.2, 0.25) is 0 Å². The average molecular weight is 668 g/mol.